The van der Waals surface area contributed by atoms with Gasteiger partial charge in [-0.1, -0.05) is 37.3 Å². The Bertz CT molecular complexity index is 325. The topological polar surface area (TPSA) is 23.1 Å². The fourth-order valence-corrected chi connectivity index (χ4v) is 2.71. The summed E-state index contributed by atoms with van der Waals surface area (Å²) in [6, 6.07) is 10.2. The highest BCUT2D eigenvalue weighted by Crippen LogP contribution is 2.26. The quantitative estimate of drug-likeness (QED) is 0.565. The number of benzene rings is 1. The lowest BCUT2D eigenvalue weighted by Crippen LogP contribution is -2.48. The molecule has 2 rings (SSSR count). The Morgan fingerprint density at radius 1 is 1.31 bits per heavy atom. The number of quaternary nitrogens is 1. The lowest BCUT2D eigenvalue weighted by molar-refractivity contribution is -0.902. The highest BCUT2D eigenvalue weighted by molar-refractivity contribution is 5.13. The zero-order valence-corrected chi connectivity index (χ0v) is 10.1. The highest BCUT2D eigenvalue weighted by Gasteiger charge is 2.27. The molecule has 1 aliphatic heterocycles. The summed E-state index contributed by atoms with van der Waals surface area (Å²) in [4.78, 5) is 0. The summed E-state index contributed by atoms with van der Waals surface area (Å²) in [6.45, 7) is 4.46. The first kappa shape index (κ1) is 11.6. The Balaban J connectivity index is 2.02. The number of rotatable bonds is 3. The van der Waals surface area contributed by atoms with Crippen LogP contribution in [0.15, 0.2) is 30.3 Å². The van der Waals surface area contributed by atoms with Gasteiger partial charge in [-0.2, -0.15) is 0 Å². The van der Waals surface area contributed by atoms with Crippen molar-refractivity contribution in [2.45, 2.75) is 32.7 Å². The fourth-order valence-electron chi connectivity index (χ4n) is 2.71. The predicted octanol–water partition coefficient (Wildman–Crippen LogP) is 3.32. The van der Waals surface area contributed by atoms with E-state index in [0.29, 0.717) is 12.5 Å². The fraction of sp³-hybridized carbons (Fsp3) is 0.571. The van der Waals surface area contributed by atoms with Gasteiger partial charge in [-0.05, 0) is 19.3 Å². The molecule has 1 heterocycles. The van der Waals surface area contributed by atoms with Crippen molar-refractivity contribution in [3.8, 4) is 0 Å². The second kappa shape index (κ2) is 4.98. The van der Waals surface area contributed by atoms with Gasteiger partial charge in [-0.15, -0.1) is 0 Å². The molecule has 1 aromatic carbocycles. The lowest BCUT2D eigenvalue weighted by Gasteiger charge is -2.48. The van der Waals surface area contributed by atoms with Gasteiger partial charge in [-0.3, -0.25) is 0 Å². The normalized spacial score (nSPS) is 30.2. The van der Waals surface area contributed by atoms with Crippen molar-refractivity contribution in [3.05, 3.63) is 41.1 Å². The van der Waals surface area contributed by atoms with Crippen LogP contribution in [0, 0.1) is 11.1 Å². The maximum Gasteiger partial charge on any atom is 0.104 e. The second-order valence-electron chi connectivity index (χ2n) is 5.02. The van der Waals surface area contributed by atoms with Crippen LogP contribution in [0.2, 0.25) is 0 Å². The number of nitrogens with zero attached hydrogens (tertiary/aromatic N) is 1. The molecule has 0 spiro atoms. The minimum Gasteiger partial charge on any atom is -0.633 e. The van der Waals surface area contributed by atoms with Gasteiger partial charge in [0.1, 0.15) is 6.54 Å². The molecule has 0 aliphatic carbocycles. The maximum absolute atomic E-state index is 12.6. The molecule has 1 saturated heterocycles. The average molecular weight is 219 g/mol. The van der Waals surface area contributed by atoms with Crippen molar-refractivity contribution >= 4 is 0 Å². The number of piperidine rings is 1. The molecule has 1 fully saturated rings. The summed E-state index contributed by atoms with van der Waals surface area (Å²) < 4.78 is -0.0114. The SMILES string of the molecule is CCC1CCC[N+]([O-])(Cc2ccccc2)C1. The molecule has 0 radical (unpaired) electrons. The molecule has 1 aliphatic rings. The molecular weight excluding hydrogens is 198 g/mol. The molecule has 2 unspecified atom stereocenters. The Hall–Kier alpha value is -0.860. The van der Waals surface area contributed by atoms with E-state index in [1.54, 1.807) is 0 Å². The molecule has 2 nitrogen and oxygen atoms in total. The van der Waals surface area contributed by atoms with Crippen LogP contribution in [-0.4, -0.2) is 17.7 Å². The van der Waals surface area contributed by atoms with Crippen LogP contribution in [0.4, 0.5) is 0 Å². The van der Waals surface area contributed by atoms with Gasteiger partial charge in [0.05, 0.1) is 13.1 Å². The van der Waals surface area contributed by atoms with Gasteiger partial charge < -0.3 is 9.85 Å². The van der Waals surface area contributed by atoms with Crippen molar-refractivity contribution in [2.75, 3.05) is 13.1 Å². The predicted molar refractivity (Wildman–Crippen MR) is 66.5 cm³/mol. The molecule has 88 valence electrons. The zero-order chi connectivity index (χ0) is 11.4. The van der Waals surface area contributed by atoms with Gasteiger partial charge in [0.2, 0.25) is 0 Å². The van der Waals surface area contributed by atoms with Crippen molar-refractivity contribution in [1.82, 2.24) is 0 Å². The van der Waals surface area contributed by atoms with E-state index >= 15 is 0 Å². The van der Waals surface area contributed by atoms with Crippen LogP contribution < -0.4 is 0 Å². The Kier molecular flexibility index (Phi) is 3.62. The van der Waals surface area contributed by atoms with Crippen LogP contribution in [0.25, 0.3) is 0 Å². The smallest absolute Gasteiger partial charge is 0.104 e. The lowest BCUT2D eigenvalue weighted by atomic mass is 9.95. The zero-order valence-electron chi connectivity index (χ0n) is 10.1. The molecule has 0 amide bonds. The third-order valence-electron chi connectivity index (χ3n) is 3.66. The summed E-state index contributed by atoms with van der Waals surface area (Å²) in [7, 11) is 0. The summed E-state index contributed by atoms with van der Waals surface area (Å²) in [5.74, 6) is 0.634. The molecule has 0 aromatic heterocycles. The first-order valence-electron chi connectivity index (χ1n) is 6.33. The summed E-state index contributed by atoms with van der Waals surface area (Å²) in [6.07, 6.45) is 3.49. The first-order valence-corrected chi connectivity index (χ1v) is 6.33. The van der Waals surface area contributed by atoms with Gasteiger partial charge in [-0.25, -0.2) is 0 Å². The maximum atomic E-state index is 12.6. The number of hydroxylamine groups is 3. The monoisotopic (exact) mass is 219 g/mol. The standard InChI is InChI=1S/C14H21NO/c1-2-13-9-6-10-15(16,11-13)12-14-7-4-3-5-8-14/h3-5,7-8,13H,2,6,9-12H2,1H3. The number of hydrogen-bond donors (Lipinski definition) is 0. The van der Waals surface area contributed by atoms with Crippen molar-refractivity contribution < 1.29 is 4.65 Å². The Morgan fingerprint density at radius 2 is 2.06 bits per heavy atom. The van der Waals surface area contributed by atoms with E-state index in [0.717, 1.165) is 25.9 Å². The van der Waals surface area contributed by atoms with E-state index in [4.69, 9.17) is 0 Å². The van der Waals surface area contributed by atoms with Gasteiger partial charge in [0, 0.05) is 11.5 Å². The van der Waals surface area contributed by atoms with Gasteiger partial charge >= 0.3 is 0 Å². The van der Waals surface area contributed by atoms with Crippen LogP contribution >= 0.6 is 0 Å². The van der Waals surface area contributed by atoms with Crippen molar-refractivity contribution in [3.63, 3.8) is 0 Å². The van der Waals surface area contributed by atoms with Crippen LogP contribution in [0.5, 0.6) is 0 Å². The van der Waals surface area contributed by atoms with E-state index in [1.165, 1.54) is 12.0 Å². The molecule has 16 heavy (non-hydrogen) atoms. The molecule has 1 aromatic rings. The van der Waals surface area contributed by atoms with E-state index in [2.05, 4.69) is 19.1 Å². The van der Waals surface area contributed by atoms with E-state index in [-0.39, 0.29) is 4.65 Å². The summed E-state index contributed by atoms with van der Waals surface area (Å²) in [5, 5.41) is 12.6. The third-order valence-corrected chi connectivity index (χ3v) is 3.66. The van der Waals surface area contributed by atoms with Crippen LogP contribution in [0.3, 0.4) is 0 Å². The van der Waals surface area contributed by atoms with E-state index in [1.807, 2.05) is 18.2 Å². The van der Waals surface area contributed by atoms with E-state index < -0.39 is 0 Å². The highest BCUT2D eigenvalue weighted by atomic mass is 16.5. The number of likely N-dealkylation sites (tertiary alicyclic amines) is 1. The molecule has 2 atom stereocenters. The largest absolute Gasteiger partial charge is 0.633 e. The van der Waals surface area contributed by atoms with Crippen molar-refractivity contribution in [1.29, 1.82) is 0 Å². The van der Waals surface area contributed by atoms with E-state index in [9.17, 15) is 5.21 Å². The molecular formula is C14H21NO. The average Bonchev–Trinajstić information content (AvgIpc) is 2.29. The van der Waals surface area contributed by atoms with Crippen LogP contribution in [0.1, 0.15) is 31.7 Å². The molecule has 0 saturated carbocycles. The Labute approximate surface area is 98.1 Å². The minimum atomic E-state index is -0.0114. The Morgan fingerprint density at radius 3 is 2.75 bits per heavy atom. The van der Waals surface area contributed by atoms with Crippen LogP contribution in [-0.2, 0) is 6.54 Å². The van der Waals surface area contributed by atoms with Gasteiger partial charge in [0.25, 0.3) is 0 Å². The van der Waals surface area contributed by atoms with Gasteiger partial charge in [0.15, 0.2) is 0 Å². The third kappa shape index (κ3) is 2.83. The first-order chi connectivity index (χ1) is 7.72. The minimum absolute atomic E-state index is 0.0114. The van der Waals surface area contributed by atoms with Crippen molar-refractivity contribution in [2.24, 2.45) is 5.92 Å². The number of hydrogen-bond acceptors (Lipinski definition) is 1. The molecule has 0 bridgehead atoms. The second-order valence-corrected chi connectivity index (χ2v) is 5.02. The molecule has 0 N–H and O–H groups in total. The summed E-state index contributed by atoms with van der Waals surface area (Å²) >= 11 is 0. The molecule has 2 heteroatoms. The summed E-state index contributed by atoms with van der Waals surface area (Å²) in [5.41, 5.74) is 1.18.